The van der Waals surface area contributed by atoms with Crippen molar-refractivity contribution in [1.82, 2.24) is 5.32 Å². The van der Waals surface area contributed by atoms with Crippen LogP contribution >= 0.6 is 0 Å². The van der Waals surface area contributed by atoms with Gasteiger partial charge in [-0.3, -0.25) is 9.59 Å². The summed E-state index contributed by atoms with van der Waals surface area (Å²) in [6.45, 7) is 6.65. The fourth-order valence-corrected chi connectivity index (χ4v) is 2.83. The third kappa shape index (κ3) is 6.69. The summed E-state index contributed by atoms with van der Waals surface area (Å²) in [5, 5.41) is 2.82. The van der Waals surface area contributed by atoms with Gasteiger partial charge in [0.2, 0.25) is 0 Å². The topological polar surface area (TPSA) is 83.1 Å². The van der Waals surface area contributed by atoms with Crippen LogP contribution in [0.2, 0.25) is 0 Å². The zero-order valence-electron chi connectivity index (χ0n) is 17.9. The molecule has 2 rings (SSSR count). The van der Waals surface area contributed by atoms with Gasteiger partial charge in [0.05, 0.1) is 25.9 Å². The number of carbonyl (C=O) groups is 2. The van der Waals surface area contributed by atoms with Crippen molar-refractivity contribution in [1.29, 1.82) is 0 Å². The Morgan fingerprint density at radius 2 is 1.63 bits per heavy atom. The normalized spacial score (nSPS) is 10.3. The predicted octanol–water partition coefficient (Wildman–Crippen LogP) is 3.43. The van der Waals surface area contributed by atoms with Crippen LogP contribution in [0.3, 0.4) is 0 Å². The van der Waals surface area contributed by atoms with Crippen molar-refractivity contribution in [3.05, 3.63) is 47.5 Å². The van der Waals surface area contributed by atoms with Crippen LogP contribution in [0.15, 0.2) is 36.4 Å². The molecule has 7 nitrogen and oxygen atoms in total. The fraction of sp³-hybridized carbons (Fsp3) is 0.391. The Kier molecular flexibility index (Phi) is 9.00. The van der Waals surface area contributed by atoms with E-state index in [2.05, 4.69) is 5.32 Å². The Morgan fingerprint density at radius 1 is 0.900 bits per heavy atom. The van der Waals surface area contributed by atoms with Gasteiger partial charge in [0, 0.05) is 12.6 Å². The minimum absolute atomic E-state index is 0.145. The molecule has 7 heteroatoms. The van der Waals surface area contributed by atoms with Crippen molar-refractivity contribution in [3.63, 3.8) is 0 Å². The van der Waals surface area contributed by atoms with Gasteiger partial charge < -0.3 is 24.3 Å². The molecular formula is C23H29NO6. The van der Waals surface area contributed by atoms with Crippen molar-refractivity contribution in [2.24, 2.45) is 0 Å². The lowest BCUT2D eigenvalue weighted by molar-refractivity contribution is -0.123. The molecule has 0 unspecified atom stereocenters. The lowest BCUT2D eigenvalue weighted by atomic mass is 10.1. The smallest absolute Gasteiger partial charge is 0.257 e. The van der Waals surface area contributed by atoms with Gasteiger partial charge in [-0.1, -0.05) is 6.07 Å². The highest BCUT2D eigenvalue weighted by atomic mass is 16.5. The molecule has 0 bridgehead atoms. The third-order valence-electron chi connectivity index (χ3n) is 4.27. The van der Waals surface area contributed by atoms with E-state index in [0.717, 1.165) is 5.56 Å². The molecule has 0 aliphatic rings. The average Bonchev–Trinajstić information content (AvgIpc) is 2.74. The maximum atomic E-state index is 12.2. The molecule has 1 amide bonds. The monoisotopic (exact) mass is 415 g/mol. The summed E-state index contributed by atoms with van der Waals surface area (Å²) in [4.78, 5) is 23.9. The largest absolute Gasteiger partial charge is 0.497 e. The molecule has 0 saturated carbocycles. The van der Waals surface area contributed by atoms with Gasteiger partial charge in [0.25, 0.3) is 5.91 Å². The van der Waals surface area contributed by atoms with Crippen LogP contribution < -0.4 is 24.3 Å². The molecule has 0 fully saturated rings. The molecule has 0 aliphatic heterocycles. The van der Waals surface area contributed by atoms with Gasteiger partial charge in [-0.2, -0.15) is 0 Å². The van der Waals surface area contributed by atoms with Gasteiger partial charge in [-0.15, -0.1) is 0 Å². The maximum Gasteiger partial charge on any atom is 0.257 e. The molecule has 30 heavy (non-hydrogen) atoms. The van der Waals surface area contributed by atoms with Crippen molar-refractivity contribution in [3.8, 4) is 23.0 Å². The zero-order valence-corrected chi connectivity index (χ0v) is 17.9. The highest BCUT2D eigenvalue weighted by molar-refractivity contribution is 5.97. The van der Waals surface area contributed by atoms with Crippen LogP contribution in [-0.2, 0) is 11.2 Å². The Morgan fingerprint density at radius 3 is 2.30 bits per heavy atom. The summed E-state index contributed by atoms with van der Waals surface area (Å²) in [5.74, 6) is 1.86. The number of benzene rings is 2. The Hall–Kier alpha value is -3.22. The summed E-state index contributed by atoms with van der Waals surface area (Å²) < 4.78 is 21.9. The number of rotatable bonds is 12. The Balaban J connectivity index is 1.88. The second-order valence-corrected chi connectivity index (χ2v) is 6.45. The number of methoxy groups -OCH3 is 1. The Labute approximate surface area is 177 Å². The number of hydrogen-bond donors (Lipinski definition) is 1. The highest BCUT2D eigenvalue weighted by Gasteiger charge is 2.12. The second-order valence-electron chi connectivity index (χ2n) is 6.45. The number of amides is 1. The fourth-order valence-electron chi connectivity index (χ4n) is 2.83. The number of ether oxygens (including phenoxy) is 4. The van der Waals surface area contributed by atoms with Crippen molar-refractivity contribution in [2.75, 3.05) is 33.5 Å². The molecule has 0 aromatic heterocycles. The quantitative estimate of drug-likeness (QED) is 0.535. The van der Waals surface area contributed by atoms with Crippen molar-refractivity contribution >= 4 is 11.7 Å². The highest BCUT2D eigenvalue weighted by Crippen LogP contribution is 2.28. The minimum atomic E-state index is -0.275. The SMILES string of the molecule is CCOc1ccc(CCNC(=O)COc2cc(OC)ccc2C(C)=O)cc1OCC. The van der Waals surface area contributed by atoms with E-state index >= 15 is 0 Å². The zero-order chi connectivity index (χ0) is 21.9. The number of ketones is 1. The summed E-state index contributed by atoms with van der Waals surface area (Å²) in [6, 6.07) is 10.6. The molecule has 0 atom stereocenters. The number of hydrogen-bond acceptors (Lipinski definition) is 6. The first-order valence-corrected chi connectivity index (χ1v) is 9.95. The minimum Gasteiger partial charge on any atom is -0.497 e. The van der Waals surface area contributed by atoms with Gasteiger partial charge in [0.1, 0.15) is 11.5 Å². The van der Waals surface area contributed by atoms with Crippen LogP contribution in [0.4, 0.5) is 0 Å². The molecule has 2 aromatic carbocycles. The van der Waals surface area contributed by atoms with E-state index in [1.165, 1.54) is 14.0 Å². The number of carbonyl (C=O) groups excluding carboxylic acids is 2. The van der Waals surface area contributed by atoms with Crippen LogP contribution in [0.5, 0.6) is 23.0 Å². The molecule has 0 saturated heterocycles. The first-order chi connectivity index (χ1) is 14.5. The maximum absolute atomic E-state index is 12.2. The molecule has 0 aliphatic carbocycles. The van der Waals surface area contributed by atoms with Crippen LogP contribution in [0, 0.1) is 0 Å². The van der Waals surface area contributed by atoms with Crippen molar-refractivity contribution in [2.45, 2.75) is 27.2 Å². The summed E-state index contributed by atoms with van der Waals surface area (Å²) in [7, 11) is 1.52. The first-order valence-electron chi connectivity index (χ1n) is 9.95. The van der Waals surface area contributed by atoms with E-state index in [0.29, 0.717) is 54.7 Å². The molecule has 0 heterocycles. The van der Waals surface area contributed by atoms with E-state index in [-0.39, 0.29) is 18.3 Å². The molecular weight excluding hydrogens is 386 g/mol. The molecule has 162 valence electrons. The number of Topliss-reactive ketones (excluding diaryl/α,β-unsaturated/α-hetero) is 1. The van der Waals surface area contributed by atoms with Gasteiger partial charge in [0.15, 0.2) is 23.9 Å². The van der Waals surface area contributed by atoms with Crippen LogP contribution in [-0.4, -0.2) is 45.2 Å². The molecule has 0 radical (unpaired) electrons. The van der Waals surface area contributed by atoms with E-state index in [9.17, 15) is 9.59 Å². The average molecular weight is 415 g/mol. The first kappa shape index (κ1) is 23.1. The lowest BCUT2D eigenvalue weighted by Crippen LogP contribution is -2.30. The van der Waals surface area contributed by atoms with E-state index in [4.69, 9.17) is 18.9 Å². The summed E-state index contributed by atoms with van der Waals surface area (Å²) in [6.07, 6.45) is 0.635. The lowest BCUT2D eigenvalue weighted by Gasteiger charge is -2.13. The van der Waals surface area contributed by atoms with E-state index in [1.807, 2.05) is 32.0 Å². The van der Waals surface area contributed by atoms with Crippen LogP contribution in [0.25, 0.3) is 0 Å². The predicted molar refractivity (Wildman–Crippen MR) is 114 cm³/mol. The Bertz CT molecular complexity index is 865. The van der Waals surface area contributed by atoms with Gasteiger partial charge in [-0.25, -0.2) is 0 Å². The van der Waals surface area contributed by atoms with Gasteiger partial charge in [-0.05, 0) is 57.0 Å². The summed E-state index contributed by atoms with van der Waals surface area (Å²) in [5.41, 5.74) is 1.43. The molecule has 1 N–H and O–H groups in total. The van der Waals surface area contributed by atoms with Gasteiger partial charge >= 0.3 is 0 Å². The second kappa shape index (κ2) is 11.7. The summed E-state index contributed by atoms with van der Waals surface area (Å²) >= 11 is 0. The third-order valence-corrected chi connectivity index (χ3v) is 4.27. The number of nitrogens with one attached hydrogen (secondary N) is 1. The molecule has 0 spiro atoms. The standard InChI is InChI=1S/C23H29NO6/c1-5-28-20-10-7-17(13-22(20)29-6-2)11-12-24-23(26)15-30-21-14-18(27-4)8-9-19(21)16(3)25/h7-10,13-14H,5-6,11-12,15H2,1-4H3,(H,24,26). The molecule has 2 aromatic rings. The van der Waals surface area contributed by atoms with Crippen molar-refractivity contribution < 1.29 is 28.5 Å². The van der Waals surface area contributed by atoms with Crippen LogP contribution in [0.1, 0.15) is 36.7 Å². The van der Waals surface area contributed by atoms with E-state index in [1.54, 1.807) is 18.2 Å². The van der Waals surface area contributed by atoms with E-state index < -0.39 is 0 Å².